The average molecular weight is 332 g/mol. The maximum Gasteiger partial charge on any atom is 0.137 e. The van der Waals surface area contributed by atoms with Gasteiger partial charge in [0.25, 0.3) is 0 Å². The number of halogens is 3. The molecule has 0 aromatic heterocycles. The number of alkyl halides is 1. The molecule has 19 heavy (non-hydrogen) atoms. The van der Waals surface area contributed by atoms with Crippen molar-refractivity contribution in [3.63, 3.8) is 0 Å². The van der Waals surface area contributed by atoms with Crippen LogP contribution in [0, 0.1) is 5.82 Å². The normalized spacial score (nSPS) is 23.1. The fourth-order valence-corrected chi connectivity index (χ4v) is 3.17. The molecule has 1 aliphatic rings. The van der Waals surface area contributed by atoms with E-state index in [2.05, 4.69) is 21.2 Å². The number of nitrogens with one attached hydrogen (secondary N) is 1. The highest BCUT2D eigenvalue weighted by atomic mass is 79.9. The van der Waals surface area contributed by atoms with Gasteiger partial charge in [0.05, 0.1) is 4.47 Å². The van der Waals surface area contributed by atoms with Gasteiger partial charge in [0.2, 0.25) is 0 Å². The molecule has 1 heterocycles. The summed E-state index contributed by atoms with van der Waals surface area (Å²) in [4.78, 5) is 0. The van der Waals surface area contributed by atoms with Crippen LogP contribution in [0.4, 0.5) is 8.78 Å². The molecule has 0 radical (unpaired) electrons. The minimum absolute atomic E-state index is 0.240. The molecular weight excluding hydrogens is 312 g/mol. The number of piperidine rings is 1. The van der Waals surface area contributed by atoms with E-state index in [1.807, 2.05) is 0 Å². The molecule has 1 fully saturated rings. The largest absolute Gasteiger partial charge is 0.314 e. The third kappa shape index (κ3) is 4.25. The van der Waals surface area contributed by atoms with Crippen molar-refractivity contribution >= 4 is 15.9 Å². The summed E-state index contributed by atoms with van der Waals surface area (Å²) in [6, 6.07) is 5.03. The van der Waals surface area contributed by atoms with Gasteiger partial charge < -0.3 is 5.32 Å². The fourth-order valence-electron chi connectivity index (χ4n) is 2.77. The maximum atomic E-state index is 14.7. The fraction of sp³-hybridized carbons (Fsp3) is 0.600. The van der Waals surface area contributed by atoms with E-state index in [-0.39, 0.29) is 18.3 Å². The molecule has 1 nitrogen and oxygen atoms in total. The second kappa shape index (κ2) is 6.31. The van der Waals surface area contributed by atoms with Crippen molar-refractivity contribution in [2.24, 2.45) is 0 Å². The minimum atomic E-state index is -1.31. The van der Waals surface area contributed by atoms with Gasteiger partial charge in [-0.1, -0.05) is 18.6 Å². The van der Waals surface area contributed by atoms with Crippen LogP contribution in [-0.2, 0) is 6.42 Å². The first-order valence-corrected chi connectivity index (χ1v) is 7.62. The highest BCUT2D eigenvalue weighted by Gasteiger charge is 2.29. The Morgan fingerprint density at radius 3 is 2.89 bits per heavy atom. The molecule has 0 bridgehead atoms. The van der Waals surface area contributed by atoms with Crippen LogP contribution >= 0.6 is 15.9 Å². The Bertz CT molecular complexity index is 428. The Kier molecular flexibility index (Phi) is 4.96. The SMILES string of the molecule is CC(F)(Cc1cccc(F)c1Br)CC1CCCCN1. The first kappa shape index (κ1) is 14.9. The molecule has 2 atom stereocenters. The van der Waals surface area contributed by atoms with E-state index in [0.29, 0.717) is 16.5 Å². The van der Waals surface area contributed by atoms with Gasteiger partial charge in [0.15, 0.2) is 0 Å². The molecule has 1 aliphatic heterocycles. The van der Waals surface area contributed by atoms with Gasteiger partial charge in [-0.2, -0.15) is 0 Å². The lowest BCUT2D eigenvalue weighted by atomic mass is 9.88. The molecule has 2 unspecified atom stereocenters. The molecule has 0 spiro atoms. The Hall–Kier alpha value is -0.480. The summed E-state index contributed by atoms with van der Waals surface area (Å²) >= 11 is 3.20. The van der Waals surface area contributed by atoms with Crippen molar-refractivity contribution in [2.45, 2.75) is 50.7 Å². The number of benzene rings is 1. The number of hydrogen-bond acceptors (Lipinski definition) is 1. The Morgan fingerprint density at radius 2 is 2.21 bits per heavy atom. The van der Waals surface area contributed by atoms with Crippen molar-refractivity contribution < 1.29 is 8.78 Å². The first-order valence-electron chi connectivity index (χ1n) is 6.83. The zero-order valence-electron chi connectivity index (χ0n) is 11.2. The second-order valence-corrected chi connectivity index (χ2v) is 6.45. The standard InChI is InChI=1S/C15H20BrF2N/c1-15(18,10-12-6-2-3-8-19-12)9-11-5-4-7-13(17)14(11)16/h4-5,7,12,19H,2-3,6,8-10H2,1H3. The smallest absolute Gasteiger partial charge is 0.137 e. The Labute approximate surface area is 121 Å². The van der Waals surface area contributed by atoms with Gasteiger partial charge in [0, 0.05) is 12.5 Å². The van der Waals surface area contributed by atoms with Crippen LogP contribution in [0.1, 0.15) is 38.2 Å². The summed E-state index contributed by atoms with van der Waals surface area (Å²) in [5.74, 6) is -0.330. The van der Waals surface area contributed by atoms with Gasteiger partial charge in [-0.3, -0.25) is 0 Å². The van der Waals surface area contributed by atoms with Crippen LogP contribution in [-0.4, -0.2) is 18.3 Å². The monoisotopic (exact) mass is 331 g/mol. The predicted molar refractivity (Wildman–Crippen MR) is 77.6 cm³/mol. The molecule has 0 aliphatic carbocycles. The third-order valence-electron chi connectivity index (χ3n) is 3.68. The van der Waals surface area contributed by atoms with Gasteiger partial charge in [-0.15, -0.1) is 0 Å². The van der Waals surface area contributed by atoms with Crippen molar-refractivity contribution in [1.82, 2.24) is 5.32 Å². The highest BCUT2D eigenvalue weighted by Crippen LogP contribution is 2.30. The Balaban J connectivity index is 2.01. The molecule has 1 aromatic rings. The summed E-state index contributed by atoms with van der Waals surface area (Å²) in [5.41, 5.74) is -0.619. The minimum Gasteiger partial charge on any atom is -0.314 e. The second-order valence-electron chi connectivity index (χ2n) is 5.65. The predicted octanol–water partition coefficient (Wildman–Crippen LogP) is 4.39. The van der Waals surface area contributed by atoms with Crippen LogP contribution in [0.15, 0.2) is 22.7 Å². The number of rotatable bonds is 4. The van der Waals surface area contributed by atoms with Crippen molar-refractivity contribution in [1.29, 1.82) is 0 Å². The quantitative estimate of drug-likeness (QED) is 0.862. The molecule has 0 amide bonds. The molecule has 1 N–H and O–H groups in total. The molecule has 4 heteroatoms. The van der Waals surface area contributed by atoms with Gasteiger partial charge in [0.1, 0.15) is 11.5 Å². The highest BCUT2D eigenvalue weighted by molar-refractivity contribution is 9.10. The lowest BCUT2D eigenvalue weighted by Gasteiger charge is -2.30. The van der Waals surface area contributed by atoms with Crippen molar-refractivity contribution in [3.05, 3.63) is 34.1 Å². The van der Waals surface area contributed by atoms with E-state index >= 15 is 0 Å². The van der Waals surface area contributed by atoms with E-state index in [1.165, 1.54) is 12.5 Å². The zero-order valence-corrected chi connectivity index (χ0v) is 12.8. The van der Waals surface area contributed by atoms with Crippen LogP contribution < -0.4 is 5.32 Å². The lowest BCUT2D eigenvalue weighted by molar-refractivity contribution is 0.145. The Morgan fingerprint density at radius 1 is 1.42 bits per heavy atom. The van der Waals surface area contributed by atoms with Crippen molar-refractivity contribution in [3.8, 4) is 0 Å². The van der Waals surface area contributed by atoms with E-state index in [1.54, 1.807) is 19.1 Å². The number of hydrogen-bond donors (Lipinski definition) is 1. The van der Waals surface area contributed by atoms with Gasteiger partial charge in [-0.25, -0.2) is 8.78 Å². The molecular formula is C15H20BrF2N. The third-order valence-corrected chi connectivity index (χ3v) is 4.56. The van der Waals surface area contributed by atoms with E-state index in [4.69, 9.17) is 0 Å². The summed E-state index contributed by atoms with van der Waals surface area (Å²) in [7, 11) is 0. The first-order chi connectivity index (χ1) is 8.98. The summed E-state index contributed by atoms with van der Waals surface area (Å²) < 4.78 is 28.5. The molecule has 1 aromatic carbocycles. The van der Waals surface area contributed by atoms with E-state index in [0.717, 1.165) is 19.4 Å². The molecule has 2 rings (SSSR count). The lowest BCUT2D eigenvalue weighted by Crippen LogP contribution is -2.40. The zero-order chi connectivity index (χ0) is 13.9. The van der Waals surface area contributed by atoms with Crippen LogP contribution in [0.25, 0.3) is 0 Å². The topological polar surface area (TPSA) is 12.0 Å². The molecule has 1 saturated heterocycles. The van der Waals surface area contributed by atoms with Gasteiger partial charge in [-0.05, 0) is 60.3 Å². The van der Waals surface area contributed by atoms with Crippen LogP contribution in [0.3, 0.4) is 0 Å². The average Bonchev–Trinajstić information content (AvgIpc) is 2.35. The van der Waals surface area contributed by atoms with E-state index < -0.39 is 5.67 Å². The van der Waals surface area contributed by atoms with Crippen molar-refractivity contribution in [2.75, 3.05) is 6.54 Å². The maximum absolute atomic E-state index is 14.7. The molecule has 0 saturated carbocycles. The van der Waals surface area contributed by atoms with Gasteiger partial charge >= 0.3 is 0 Å². The van der Waals surface area contributed by atoms with Crippen LogP contribution in [0.2, 0.25) is 0 Å². The van der Waals surface area contributed by atoms with Crippen LogP contribution in [0.5, 0.6) is 0 Å². The summed E-state index contributed by atoms with van der Waals surface area (Å²) in [5, 5.41) is 3.36. The summed E-state index contributed by atoms with van der Waals surface area (Å²) in [6.45, 7) is 2.59. The summed E-state index contributed by atoms with van der Waals surface area (Å²) in [6.07, 6.45) is 4.09. The molecule has 106 valence electrons. The van der Waals surface area contributed by atoms with E-state index in [9.17, 15) is 8.78 Å².